The van der Waals surface area contributed by atoms with Crippen molar-refractivity contribution in [3.63, 3.8) is 0 Å². The van der Waals surface area contributed by atoms with E-state index in [4.69, 9.17) is 11.6 Å². The summed E-state index contributed by atoms with van der Waals surface area (Å²) in [5.41, 5.74) is 1.46. The summed E-state index contributed by atoms with van der Waals surface area (Å²) < 4.78 is 0. The van der Waals surface area contributed by atoms with Crippen LogP contribution in [0.4, 0.5) is 5.69 Å². The predicted octanol–water partition coefficient (Wildman–Crippen LogP) is 3.28. The molecule has 0 aromatic heterocycles. The maximum atomic E-state index is 12.0. The van der Waals surface area contributed by atoms with Crippen LogP contribution in [0.1, 0.15) is 38.2 Å². The van der Waals surface area contributed by atoms with Crippen molar-refractivity contribution in [3.8, 4) is 0 Å². The zero-order chi connectivity index (χ0) is 15.4. The Bertz CT molecular complexity index is 545. The maximum absolute atomic E-state index is 12.0. The Balaban J connectivity index is 1.93. The predicted molar refractivity (Wildman–Crippen MR) is 84.4 cm³/mol. The van der Waals surface area contributed by atoms with Gasteiger partial charge in [-0.25, -0.2) is 0 Å². The Kier molecular flexibility index (Phi) is 5.23. The van der Waals surface area contributed by atoms with Crippen molar-refractivity contribution >= 4 is 29.1 Å². The van der Waals surface area contributed by atoms with Gasteiger partial charge in [-0.3, -0.25) is 9.59 Å². The Labute approximate surface area is 130 Å². The van der Waals surface area contributed by atoms with Gasteiger partial charge in [-0.1, -0.05) is 37.4 Å². The highest BCUT2D eigenvalue weighted by Gasteiger charge is 2.25. The number of benzene rings is 1. The standard InChI is InChI=1S/C16H21ClN2O2/c1-10-7-8-12(9-13(10)17)18-15(20)16(21)19-14-6-4-3-5-11(14)2/h7-9,11,14H,3-6H2,1-2H3,(H,18,20)(H,19,21)/t11-,14-/m1/s1. The Morgan fingerprint density at radius 2 is 1.90 bits per heavy atom. The summed E-state index contributed by atoms with van der Waals surface area (Å²) >= 11 is 6.00. The van der Waals surface area contributed by atoms with Gasteiger partial charge in [0.1, 0.15) is 0 Å². The van der Waals surface area contributed by atoms with Crippen LogP contribution in [-0.4, -0.2) is 17.9 Å². The van der Waals surface area contributed by atoms with Gasteiger partial charge in [0.25, 0.3) is 0 Å². The van der Waals surface area contributed by atoms with Crippen LogP contribution in [0.25, 0.3) is 0 Å². The Morgan fingerprint density at radius 3 is 2.57 bits per heavy atom. The lowest BCUT2D eigenvalue weighted by atomic mass is 9.86. The van der Waals surface area contributed by atoms with E-state index in [1.54, 1.807) is 18.2 Å². The number of nitrogens with one attached hydrogen (secondary N) is 2. The van der Waals surface area contributed by atoms with Crippen LogP contribution in [0.3, 0.4) is 0 Å². The first-order valence-electron chi connectivity index (χ1n) is 7.35. The van der Waals surface area contributed by atoms with Gasteiger partial charge in [-0.15, -0.1) is 0 Å². The van der Waals surface area contributed by atoms with E-state index in [9.17, 15) is 9.59 Å². The molecular weight excluding hydrogens is 288 g/mol. The molecule has 1 aliphatic carbocycles. The molecule has 0 spiro atoms. The van der Waals surface area contributed by atoms with E-state index >= 15 is 0 Å². The molecule has 5 heteroatoms. The summed E-state index contributed by atoms with van der Waals surface area (Å²) in [5.74, 6) is -0.803. The fraction of sp³-hybridized carbons (Fsp3) is 0.500. The molecular formula is C16H21ClN2O2. The van der Waals surface area contributed by atoms with Gasteiger partial charge in [0.2, 0.25) is 0 Å². The molecule has 0 aliphatic heterocycles. The highest BCUT2D eigenvalue weighted by atomic mass is 35.5. The molecule has 0 saturated heterocycles. The van der Waals surface area contributed by atoms with Gasteiger partial charge in [-0.2, -0.15) is 0 Å². The molecule has 2 rings (SSSR count). The second kappa shape index (κ2) is 6.94. The third-order valence-corrected chi connectivity index (χ3v) is 4.47. The van der Waals surface area contributed by atoms with E-state index in [1.807, 2.05) is 6.92 Å². The van der Waals surface area contributed by atoms with Crippen molar-refractivity contribution < 1.29 is 9.59 Å². The molecule has 4 nitrogen and oxygen atoms in total. The number of halogens is 1. The molecule has 1 aromatic rings. The molecule has 1 aliphatic rings. The molecule has 1 saturated carbocycles. The average molecular weight is 309 g/mol. The number of carbonyl (C=O) groups is 2. The second-order valence-electron chi connectivity index (χ2n) is 5.76. The summed E-state index contributed by atoms with van der Waals surface area (Å²) in [6, 6.07) is 5.28. The van der Waals surface area contributed by atoms with Crippen molar-refractivity contribution in [3.05, 3.63) is 28.8 Å². The minimum absolute atomic E-state index is 0.0959. The maximum Gasteiger partial charge on any atom is 0.313 e. The van der Waals surface area contributed by atoms with Crippen LogP contribution in [0.2, 0.25) is 5.02 Å². The zero-order valence-electron chi connectivity index (χ0n) is 12.4. The smallest absolute Gasteiger partial charge is 0.313 e. The van der Waals surface area contributed by atoms with Crippen molar-refractivity contribution in [2.24, 2.45) is 5.92 Å². The summed E-state index contributed by atoms with van der Waals surface area (Å²) in [5, 5.41) is 5.97. The topological polar surface area (TPSA) is 58.2 Å². The molecule has 1 aromatic carbocycles. The van der Waals surface area contributed by atoms with Gasteiger partial charge < -0.3 is 10.6 Å². The number of rotatable bonds is 2. The lowest BCUT2D eigenvalue weighted by Crippen LogP contribution is -2.45. The van der Waals surface area contributed by atoms with E-state index in [-0.39, 0.29) is 6.04 Å². The van der Waals surface area contributed by atoms with Crippen LogP contribution in [0, 0.1) is 12.8 Å². The number of hydrogen-bond acceptors (Lipinski definition) is 2. The largest absolute Gasteiger partial charge is 0.345 e. The quantitative estimate of drug-likeness (QED) is 0.824. The average Bonchev–Trinajstić information content (AvgIpc) is 2.45. The van der Waals surface area contributed by atoms with Crippen LogP contribution >= 0.6 is 11.6 Å². The molecule has 1 fully saturated rings. The molecule has 2 amide bonds. The van der Waals surface area contributed by atoms with E-state index in [0.29, 0.717) is 16.6 Å². The van der Waals surface area contributed by atoms with E-state index < -0.39 is 11.8 Å². The van der Waals surface area contributed by atoms with Crippen molar-refractivity contribution in [2.45, 2.75) is 45.6 Å². The fourth-order valence-corrected chi connectivity index (χ4v) is 2.80. The first-order chi connectivity index (χ1) is 9.97. The third kappa shape index (κ3) is 4.21. The van der Waals surface area contributed by atoms with E-state index in [2.05, 4.69) is 17.6 Å². The third-order valence-electron chi connectivity index (χ3n) is 4.06. The highest BCUT2D eigenvalue weighted by Crippen LogP contribution is 2.24. The summed E-state index contributed by atoms with van der Waals surface area (Å²) in [6.45, 7) is 3.99. The van der Waals surface area contributed by atoms with Crippen LogP contribution in [-0.2, 0) is 9.59 Å². The van der Waals surface area contributed by atoms with E-state index in [0.717, 1.165) is 24.8 Å². The number of carbonyl (C=O) groups excluding carboxylic acids is 2. The Hall–Kier alpha value is -1.55. The van der Waals surface area contributed by atoms with Crippen molar-refractivity contribution in [2.75, 3.05) is 5.32 Å². The molecule has 114 valence electrons. The van der Waals surface area contributed by atoms with Crippen LogP contribution < -0.4 is 10.6 Å². The zero-order valence-corrected chi connectivity index (χ0v) is 13.2. The van der Waals surface area contributed by atoms with Gasteiger partial charge in [0.15, 0.2) is 0 Å². The first kappa shape index (κ1) is 15.8. The van der Waals surface area contributed by atoms with E-state index in [1.165, 1.54) is 6.42 Å². The second-order valence-corrected chi connectivity index (χ2v) is 6.17. The number of aryl methyl sites for hydroxylation is 1. The fourth-order valence-electron chi connectivity index (χ4n) is 2.62. The van der Waals surface area contributed by atoms with Gasteiger partial charge >= 0.3 is 11.8 Å². The minimum atomic E-state index is -0.646. The van der Waals surface area contributed by atoms with Crippen molar-refractivity contribution in [1.29, 1.82) is 0 Å². The summed E-state index contributed by atoms with van der Waals surface area (Å²) in [7, 11) is 0. The summed E-state index contributed by atoms with van der Waals surface area (Å²) in [6.07, 6.45) is 4.34. The number of anilines is 1. The summed E-state index contributed by atoms with van der Waals surface area (Å²) in [4.78, 5) is 23.9. The monoisotopic (exact) mass is 308 g/mol. The first-order valence-corrected chi connectivity index (χ1v) is 7.73. The van der Waals surface area contributed by atoms with Gasteiger partial charge in [-0.05, 0) is 43.4 Å². The molecule has 2 atom stereocenters. The van der Waals surface area contributed by atoms with Gasteiger partial charge in [0, 0.05) is 16.8 Å². The molecule has 2 N–H and O–H groups in total. The van der Waals surface area contributed by atoms with Crippen molar-refractivity contribution in [1.82, 2.24) is 5.32 Å². The lowest BCUT2D eigenvalue weighted by molar-refractivity contribution is -0.137. The lowest BCUT2D eigenvalue weighted by Gasteiger charge is -2.29. The van der Waals surface area contributed by atoms with Crippen LogP contribution in [0.15, 0.2) is 18.2 Å². The molecule has 0 radical (unpaired) electrons. The molecule has 0 heterocycles. The number of amides is 2. The minimum Gasteiger partial charge on any atom is -0.345 e. The highest BCUT2D eigenvalue weighted by molar-refractivity contribution is 6.40. The normalized spacial score (nSPS) is 21.7. The Morgan fingerprint density at radius 1 is 1.19 bits per heavy atom. The molecule has 21 heavy (non-hydrogen) atoms. The van der Waals surface area contributed by atoms with Crippen LogP contribution in [0.5, 0.6) is 0 Å². The van der Waals surface area contributed by atoms with Gasteiger partial charge in [0.05, 0.1) is 0 Å². The molecule has 0 bridgehead atoms. The molecule has 0 unspecified atom stereocenters. The number of hydrogen-bond donors (Lipinski definition) is 2. The SMILES string of the molecule is Cc1ccc(NC(=O)C(=O)N[C@@H]2CCCC[C@H]2C)cc1Cl.